The van der Waals surface area contributed by atoms with Crippen LogP contribution in [0, 0.1) is 11.6 Å². The maximum atomic E-state index is 13.8. The largest absolute Gasteiger partial charge is 0.423 e. The quantitative estimate of drug-likeness (QED) is 0.330. The van der Waals surface area contributed by atoms with Gasteiger partial charge in [0.25, 0.3) is 11.5 Å². The highest BCUT2D eigenvalue weighted by atomic mass is 19.1. The van der Waals surface area contributed by atoms with Gasteiger partial charge in [0.2, 0.25) is 5.91 Å². The van der Waals surface area contributed by atoms with E-state index in [1.54, 1.807) is 0 Å². The topological polar surface area (TPSA) is 139 Å². The molecule has 0 bridgehead atoms. The molecule has 2 amide bonds. The molecule has 2 aromatic heterocycles. The predicted octanol–water partition coefficient (Wildman–Crippen LogP) is 1.96. The van der Waals surface area contributed by atoms with E-state index in [0.29, 0.717) is 11.6 Å². The summed E-state index contributed by atoms with van der Waals surface area (Å²) in [6, 6.07) is 4.23. The Labute approximate surface area is 186 Å². The molecule has 3 aromatic rings. The number of nitrogens with one attached hydrogen (secondary N) is 2. The first-order valence-electron chi connectivity index (χ1n) is 9.82. The number of halogens is 2. The van der Waals surface area contributed by atoms with Crippen molar-refractivity contribution in [2.75, 3.05) is 5.73 Å². The maximum absolute atomic E-state index is 13.8. The Morgan fingerprint density at radius 2 is 2.00 bits per heavy atom. The molecule has 172 valence electrons. The SMILES string of the molecule is CC(C)NC(=O)/C=C/c1cnc2c(c1)c(N)c(C(=O)NCc1ccc(F)cc1F)c(=O)n2O. The summed E-state index contributed by atoms with van der Waals surface area (Å²) in [6.07, 6.45) is 4.04. The minimum Gasteiger partial charge on any atom is -0.423 e. The highest BCUT2D eigenvalue weighted by molar-refractivity contribution is 6.06. The zero-order valence-electron chi connectivity index (χ0n) is 17.7. The molecule has 33 heavy (non-hydrogen) atoms. The molecule has 0 saturated heterocycles. The summed E-state index contributed by atoms with van der Waals surface area (Å²) >= 11 is 0. The number of fused-ring (bicyclic) bond motifs is 1. The first-order valence-corrected chi connectivity index (χ1v) is 9.82. The monoisotopic (exact) mass is 457 g/mol. The Kier molecular flexibility index (Phi) is 6.71. The molecule has 0 radical (unpaired) electrons. The lowest BCUT2D eigenvalue weighted by Gasteiger charge is -2.12. The van der Waals surface area contributed by atoms with Gasteiger partial charge in [-0.15, -0.1) is 4.73 Å². The van der Waals surface area contributed by atoms with Gasteiger partial charge in [0.15, 0.2) is 5.65 Å². The summed E-state index contributed by atoms with van der Waals surface area (Å²) in [6.45, 7) is 3.27. The molecule has 0 aliphatic heterocycles. The van der Waals surface area contributed by atoms with Crippen molar-refractivity contribution in [2.45, 2.75) is 26.4 Å². The second kappa shape index (κ2) is 9.47. The van der Waals surface area contributed by atoms with E-state index < -0.39 is 28.7 Å². The molecule has 9 nitrogen and oxygen atoms in total. The zero-order chi connectivity index (χ0) is 24.3. The van der Waals surface area contributed by atoms with Gasteiger partial charge in [-0.05, 0) is 37.6 Å². The summed E-state index contributed by atoms with van der Waals surface area (Å²) in [5.41, 5.74) is 4.31. The van der Waals surface area contributed by atoms with Crippen molar-refractivity contribution in [3.05, 3.63) is 75.2 Å². The van der Waals surface area contributed by atoms with Gasteiger partial charge in [0.05, 0.1) is 5.69 Å². The summed E-state index contributed by atoms with van der Waals surface area (Å²) in [4.78, 5) is 40.9. The van der Waals surface area contributed by atoms with Gasteiger partial charge in [-0.3, -0.25) is 14.4 Å². The van der Waals surface area contributed by atoms with E-state index in [-0.39, 0.29) is 45.5 Å². The average Bonchev–Trinajstić information content (AvgIpc) is 2.75. The van der Waals surface area contributed by atoms with Crippen LogP contribution in [0.25, 0.3) is 17.1 Å². The van der Waals surface area contributed by atoms with E-state index in [4.69, 9.17) is 5.73 Å². The van der Waals surface area contributed by atoms with Crippen molar-refractivity contribution in [3.63, 3.8) is 0 Å². The fourth-order valence-electron chi connectivity index (χ4n) is 3.04. The minimum absolute atomic E-state index is 0.0119. The fraction of sp³-hybridized carbons (Fsp3) is 0.182. The first-order chi connectivity index (χ1) is 15.6. The number of amides is 2. The van der Waals surface area contributed by atoms with Crippen molar-refractivity contribution in [2.24, 2.45) is 0 Å². The standard InChI is InChI=1S/C22H21F2N5O4/c1-11(2)28-17(30)6-3-12-7-15-19(25)18(22(32)29(33)20(15)26-9-12)21(31)27-10-13-4-5-14(23)8-16(13)24/h3-9,11,33H,10,25H2,1-2H3,(H,27,31)(H,28,30)/b6-3+. The van der Waals surface area contributed by atoms with Crippen molar-refractivity contribution in [1.29, 1.82) is 0 Å². The summed E-state index contributed by atoms with van der Waals surface area (Å²) in [7, 11) is 0. The molecule has 0 spiro atoms. The lowest BCUT2D eigenvalue weighted by Crippen LogP contribution is -2.34. The number of nitrogen functional groups attached to an aromatic ring is 1. The second-order valence-corrected chi connectivity index (χ2v) is 7.46. The van der Waals surface area contributed by atoms with E-state index in [1.165, 1.54) is 24.4 Å². The molecule has 0 fully saturated rings. The summed E-state index contributed by atoms with van der Waals surface area (Å²) < 4.78 is 27.0. The number of nitrogens with zero attached hydrogens (tertiary/aromatic N) is 2. The molecule has 11 heteroatoms. The zero-order valence-corrected chi connectivity index (χ0v) is 17.7. The Balaban J connectivity index is 1.94. The third-order valence-corrected chi connectivity index (χ3v) is 4.59. The van der Waals surface area contributed by atoms with Crippen molar-refractivity contribution in [1.82, 2.24) is 20.3 Å². The normalized spacial score (nSPS) is 11.3. The van der Waals surface area contributed by atoms with Crippen LogP contribution in [0.1, 0.15) is 35.3 Å². The number of anilines is 1. The van der Waals surface area contributed by atoms with Crippen LogP contribution in [-0.4, -0.2) is 32.8 Å². The number of nitrogens with two attached hydrogens (primary N) is 1. The molecule has 0 aliphatic rings. The molecule has 0 atom stereocenters. The van der Waals surface area contributed by atoms with Gasteiger partial charge in [0.1, 0.15) is 17.2 Å². The lowest BCUT2D eigenvalue weighted by molar-refractivity contribution is -0.116. The third kappa shape index (κ3) is 5.14. The maximum Gasteiger partial charge on any atom is 0.299 e. The number of hydrogen-bond donors (Lipinski definition) is 4. The molecular weight excluding hydrogens is 436 g/mol. The van der Waals surface area contributed by atoms with Crippen LogP contribution in [0.15, 0.2) is 41.3 Å². The number of benzene rings is 1. The number of rotatable bonds is 6. The third-order valence-electron chi connectivity index (χ3n) is 4.59. The van der Waals surface area contributed by atoms with Gasteiger partial charge in [-0.1, -0.05) is 6.07 Å². The van der Waals surface area contributed by atoms with Gasteiger partial charge < -0.3 is 21.6 Å². The highest BCUT2D eigenvalue weighted by Gasteiger charge is 2.22. The van der Waals surface area contributed by atoms with Crippen LogP contribution >= 0.6 is 0 Å². The molecule has 1 aromatic carbocycles. The van der Waals surface area contributed by atoms with Crippen molar-refractivity contribution in [3.8, 4) is 0 Å². The average molecular weight is 457 g/mol. The number of carbonyl (C=O) groups excluding carboxylic acids is 2. The van der Waals surface area contributed by atoms with Crippen LogP contribution in [0.2, 0.25) is 0 Å². The van der Waals surface area contributed by atoms with Crippen LogP contribution in [0.3, 0.4) is 0 Å². The first kappa shape index (κ1) is 23.4. The van der Waals surface area contributed by atoms with Gasteiger partial charge >= 0.3 is 0 Å². The fourth-order valence-corrected chi connectivity index (χ4v) is 3.04. The number of carbonyl (C=O) groups is 2. The van der Waals surface area contributed by atoms with E-state index in [1.807, 2.05) is 13.8 Å². The van der Waals surface area contributed by atoms with Gasteiger partial charge in [-0.2, -0.15) is 0 Å². The molecule has 0 unspecified atom stereocenters. The van der Waals surface area contributed by atoms with E-state index in [2.05, 4.69) is 15.6 Å². The van der Waals surface area contributed by atoms with Crippen LogP contribution in [0.5, 0.6) is 0 Å². The van der Waals surface area contributed by atoms with Crippen molar-refractivity contribution >= 4 is 34.6 Å². The Morgan fingerprint density at radius 3 is 2.67 bits per heavy atom. The summed E-state index contributed by atoms with van der Waals surface area (Å²) in [5.74, 6) is -2.95. The van der Waals surface area contributed by atoms with Gasteiger partial charge in [-0.25, -0.2) is 13.8 Å². The molecule has 5 N–H and O–H groups in total. The van der Waals surface area contributed by atoms with Crippen molar-refractivity contribution < 1.29 is 23.6 Å². The van der Waals surface area contributed by atoms with Crippen LogP contribution in [0.4, 0.5) is 14.5 Å². The molecule has 0 saturated carbocycles. The Hall–Kier alpha value is -4.28. The number of pyridine rings is 2. The lowest BCUT2D eigenvalue weighted by atomic mass is 10.1. The predicted molar refractivity (Wildman–Crippen MR) is 117 cm³/mol. The van der Waals surface area contributed by atoms with Crippen LogP contribution < -0.4 is 21.9 Å². The molecule has 2 heterocycles. The number of hydrogen-bond acceptors (Lipinski definition) is 6. The van der Waals surface area contributed by atoms with E-state index >= 15 is 0 Å². The Bertz CT molecular complexity index is 1330. The smallest absolute Gasteiger partial charge is 0.299 e. The van der Waals surface area contributed by atoms with Gasteiger partial charge in [0, 0.05) is 41.9 Å². The Morgan fingerprint density at radius 1 is 1.27 bits per heavy atom. The highest BCUT2D eigenvalue weighted by Crippen LogP contribution is 2.22. The molecule has 3 rings (SSSR count). The second-order valence-electron chi connectivity index (χ2n) is 7.46. The van der Waals surface area contributed by atoms with E-state index in [9.17, 15) is 28.4 Å². The van der Waals surface area contributed by atoms with E-state index in [0.717, 1.165) is 12.1 Å². The molecule has 0 aliphatic carbocycles. The number of aromatic nitrogens is 2. The summed E-state index contributed by atoms with van der Waals surface area (Å²) in [5, 5.41) is 15.3. The molecular formula is C22H21F2N5O4. The van der Waals surface area contributed by atoms with Crippen LogP contribution in [-0.2, 0) is 11.3 Å². The minimum atomic E-state index is -1.12.